The van der Waals surface area contributed by atoms with E-state index >= 15 is 0 Å². The van der Waals surface area contributed by atoms with Crippen LogP contribution in [0.5, 0.6) is 0 Å². The van der Waals surface area contributed by atoms with Crippen LogP contribution in [0.3, 0.4) is 0 Å². The van der Waals surface area contributed by atoms with Crippen molar-refractivity contribution in [3.63, 3.8) is 0 Å². The Bertz CT molecular complexity index is 733. The SMILES string of the molecule is Cc1cn(S(N)(=O)=O)c(C(=O)[O-])c1-c1ccccc1. The average Bonchev–Trinajstić information content (AvgIpc) is 2.68. The fraction of sp³-hybridized carbons (Fsp3) is 0.0833. The van der Waals surface area contributed by atoms with Crippen molar-refractivity contribution in [1.82, 2.24) is 3.97 Å². The van der Waals surface area contributed by atoms with E-state index in [9.17, 15) is 18.3 Å². The van der Waals surface area contributed by atoms with Crippen LogP contribution in [0.15, 0.2) is 36.5 Å². The van der Waals surface area contributed by atoms with Crippen LogP contribution in [-0.4, -0.2) is 18.4 Å². The Hall–Kier alpha value is -2.12. The third-order valence-electron chi connectivity index (χ3n) is 2.69. The zero-order valence-electron chi connectivity index (χ0n) is 10.0. The Balaban J connectivity index is 2.83. The highest BCUT2D eigenvalue weighted by Gasteiger charge is 2.21. The van der Waals surface area contributed by atoms with Gasteiger partial charge in [0.1, 0.15) is 0 Å². The number of aryl methyl sites for hydroxylation is 1. The van der Waals surface area contributed by atoms with Crippen molar-refractivity contribution in [3.05, 3.63) is 47.8 Å². The van der Waals surface area contributed by atoms with Gasteiger partial charge in [0.25, 0.3) is 0 Å². The highest BCUT2D eigenvalue weighted by atomic mass is 32.2. The first-order valence-electron chi connectivity index (χ1n) is 5.34. The molecule has 0 saturated carbocycles. The smallest absolute Gasteiger partial charge is 0.302 e. The minimum Gasteiger partial charge on any atom is -0.543 e. The molecule has 0 spiro atoms. The van der Waals surface area contributed by atoms with Gasteiger partial charge in [-0.15, -0.1) is 0 Å². The molecular formula is C12H11N2O4S-. The molecule has 0 aliphatic carbocycles. The molecule has 100 valence electrons. The largest absolute Gasteiger partial charge is 0.543 e. The third-order valence-corrected chi connectivity index (χ3v) is 3.53. The highest BCUT2D eigenvalue weighted by molar-refractivity contribution is 7.87. The molecule has 0 amide bonds. The summed E-state index contributed by atoms with van der Waals surface area (Å²) in [4.78, 5) is 11.2. The molecule has 0 atom stereocenters. The molecule has 2 aromatic rings. The number of carboxylic acids is 1. The first-order valence-corrected chi connectivity index (χ1v) is 6.84. The maximum atomic E-state index is 11.4. The van der Waals surface area contributed by atoms with E-state index in [2.05, 4.69) is 0 Å². The molecule has 6 nitrogen and oxygen atoms in total. The molecule has 0 bridgehead atoms. The van der Waals surface area contributed by atoms with Crippen LogP contribution in [0.25, 0.3) is 11.1 Å². The van der Waals surface area contributed by atoms with Gasteiger partial charge in [-0.25, -0.2) is 9.11 Å². The lowest BCUT2D eigenvalue weighted by molar-refractivity contribution is -0.255. The van der Waals surface area contributed by atoms with Crippen LogP contribution >= 0.6 is 0 Å². The molecule has 1 aromatic heterocycles. The van der Waals surface area contributed by atoms with E-state index in [0.29, 0.717) is 15.1 Å². The molecule has 0 unspecified atom stereocenters. The summed E-state index contributed by atoms with van der Waals surface area (Å²) in [5.74, 6) is -1.60. The first kappa shape index (κ1) is 13.3. The number of carboxylic acid groups (broad SMARTS) is 1. The fourth-order valence-corrected chi connectivity index (χ4v) is 2.69. The standard InChI is InChI=1S/C12H12N2O4S/c1-8-7-14(19(13,17)18)11(12(15)16)10(8)9-5-3-2-4-6-9/h2-7H,1H3,(H,15,16)(H2,13,17,18)/p-1. The molecule has 0 aliphatic heterocycles. The number of carbonyl (C=O) groups excluding carboxylic acids is 1. The summed E-state index contributed by atoms with van der Waals surface area (Å²) in [6, 6.07) is 8.59. The maximum absolute atomic E-state index is 11.4. The van der Waals surface area contributed by atoms with E-state index in [4.69, 9.17) is 5.14 Å². The van der Waals surface area contributed by atoms with Crippen LogP contribution in [0, 0.1) is 6.92 Å². The van der Waals surface area contributed by atoms with Gasteiger partial charge in [-0.05, 0) is 18.1 Å². The average molecular weight is 279 g/mol. The zero-order valence-corrected chi connectivity index (χ0v) is 10.8. The van der Waals surface area contributed by atoms with E-state index in [0.717, 1.165) is 0 Å². The van der Waals surface area contributed by atoms with E-state index in [-0.39, 0.29) is 5.56 Å². The van der Waals surface area contributed by atoms with Gasteiger partial charge in [0.2, 0.25) is 0 Å². The Morgan fingerprint density at radius 1 is 1.26 bits per heavy atom. The lowest BCUT2D eigenvalue weighted by Crippen LogP contribution is -2.31. The number of benzene rings is 1. The van der Waals surface area contributed by atoms with Gasteiger partial charge in [-0.2, -0.15) is 8.42 Å². The number of aromatic nitrogens is 1. The zero-order chi connectivity index (χ0) is 14.2. The summed E-state index contributed by atoms with van der Waals surface area (Å²) in [6.45, 7) is 1.61. The number of nitrogens with two attached hydrogens (primary N) is 1. The van der Waals surface area contributed by atoms with Gasteiger partial charge in [-0.3, -0.25) is 0 Å². The number of nitrogens with zero attached hydrogens (tertiary/aromatic N) is 1. The van der Waals surface area contributed by atoms with Crippen LogP contribution in [0.2, 0.25) is 0 Å². The van der Waals surface area contributed by atoms with Gasteiger partial charge < -0.3 is 9.90 Å². The minimum atomic E-state index is -4.19. The minimum absolute atomic E-state index is 0.287. The van der Waals surface area contributed by atoms with Crippen LogP contribution in [0.4, 0.5) is 0 Å². The first-order chi connectivity index (χ1) is 8.82. The number of hydrogen-bond acceptors (Lipinski definition) is 4. The molecule has 1 heterocycles. The normalized spacial score (nSPS) is 11.5. The number of rotatable bonds is 3. The van der Waals surface area contributed by atoms with Crippen molar-refractivity contribution in [2.24, 2.45) is 5.14 Å². The summed E-state index contributed by atoms with van der Waals surface area (Å²) in [6.07, 6.45) is 1.17. The van der Waals surface area contributed by atoms with E-state index < -0.39 is 21.9 Å². The summed E-state index contributed by atoms with van der Waals surface area (Å²) in [5, 5.41) is 16.2. The van der Waals surface area contributed by atoms with Gasteiger partial charge in [-0.1, -0.05) is 30.3 Å². The van der Waals surface area contributed by atoms with Crippen LogP contribution < -0.4 is 10.2 Å². The molecular weight excluding hydrogens is 268 g/mol. The molecule has 7 heteroatoms. The van der Waals surface area contributed by atoms with Crippen molar-refractivity contribution in [3.8, 4) is 11.1 Å². The Morgan fingerprint density at radius 2 is 1.84 bits per heavy atom. The molecule has 2 N–H and O–H groups in total. The van der Waals surface area contributed by atoms with Gasteiger partial charge in [0.05, 0.1) is 11.7 Å². The number of carbonyl (C=O) groups is 1. The summed E-state index contributed by atoms with van der Waals surface area (Å²) in [7, 11) is -4.19. The highest BCUT2D eigenvalue weighted by Crippen LogP contribution is 2.29. The van der Waals surface area contributed by atoms with Crippen LogP contribution in [0.1, 0.15) is 16.1 Å². The molecule has 0 fully saturated rings. The molecule has 1 aromatic carbocycles. The van der Waals surface area contributed by atoms with E-state index in [1.54, 1.807) is 37.3 Å². The van der Waals surface area contributed by atoms with E-state index in [1.807, 2.05) is 0 Å². The van der Waals surface area contributed by atoms with Crippen molar-refractivity contribution in [2.45, 2.75) is 6.92 Å². The van der Waals surface area contributed by atoms with Crippen molar-refractivity contribution >= 4 is 16.2 Å². The second-order valence-electron chi connectivity index (χ2n) is 4.03. The Kier molecular flexibility index (Phi) is 3.17. The molecule has 19 heavy (non-hydrogen) atoms. The maximum Gasteiger partial charge on any atom is 0.302 e. The van der Waals surface area contributed by atoms with Crippen molar-refractivity contribution in [2.75, 3.05) is 0 Å². The lowest BCUT2D eigenvalue weighted by Gasteiger charge is -2.10. The third kappa shape index (κ3) is 2.38. The number of aromatic carboxylic acids is 1. The van der Waals surface area contributed by atoms with Gasteiger partial charge >= 0.3 is 10.2 Å². The topological polar surface area (TPSA) is 105 Å². The molecule has 0 radical (unpaired) electrons. The van der Waals surface area contributed by atoms with E-state index in [1.165, 1.54) is 6.20 Å². The van der Waals surface area contributed by atoms with Crippen LogP contribution in [-0.2, 0) is 10.2 Å². The van der Waals surface area contributed by atoms with Gasteiger partial charge in [0, 0.05) is 11.8 Å². The van der Waals surface area contributed by atoms with Gasteiger partial charge in [0.15, 0.2) is 0 Å². The summed E-state index contributed by atoms with van der Waals surface area (Å²) < 4.78 is 23.3. The monoisotopic (exact) mass is 279 g/mol. The summed E-state index contributed by atoms with van der Waals surface area (Å²) >= 11 is 0. The molecule has 2 rings (SSSR count). The lowest BCUT2D eigenvalue weighted by atomic mass is 10.0. The Morgan fingerprint density at radius 3 is 2.32 bits per heavy atom. The fourth-order valence-electron chi connectivity index (χ4n) is 1.96. The Labute approximate surface area is 110 Å². The predicted octanol–water partition coefficient (Wildman–Crippen LogP) is -0.121. The number of hydrogen-bond donors (Lipinski definition) is 1. The molecule has 0 saturated heterocycles. The van der Waals surface area contributed by atoms with Crippen molar-refractivity contribution < 1.29 is 18.3 Å². The predicted molar refractivity (Wildman–Crippen MR) is 67.4 cm³/mol. The second kappa shape index (κ2) is 4.52. The molecule has 0 aliphatic rings. The quantitative estimate of drug-likeness (QED) is 0.845. The second-order valence-corrected chi connectivity index (χ2v) is 5.45. The van der Waals surface area contributed by atoms with Crippen molar-refractivity contribution in [1.29, 1.82) is 0 Å². The summed E-state index contributed by atoms with van der Waals surface area (Å²) in [5.41, 5.74) is 0.891.